The van der Waals surface area contributed by atoms with Crippen molar-refractivity contribution in [3.05, 3.63) is 40.7 Å². The average Bonchev–Trinajstić information content (AvgIpc) is 2.92. The molecule has 2 aliphatic rings. The summed E-state index contributed by atoms with van der Waals surface area (Å²) in [6, 6.07) is 5.85. The van der Waals surface area contributed by atoms with Crippen LogP contribution in [-0.2, 0) is 25.8 Å². The highest BCUT2D eigenvalue weighted by atomic mass is 16.3. The van der Waals surface area contributed by atoms with Crippen molar-refractivity contribution in [2.75, 3.05) is 11.4 Å². The molecular weight excluding hydrogens is 262 g/mol. The summed E-state index contributed by atoms with van der Waals surface area (Å²) in [6.07, 6.45) is 6.90. The second-order valence-corrected chi connectivity index (χ2v) is 6.13. The van der Waals surface area contributed by atoms with Crippen molar-refractivity contribution in [3.63, 3.8) is 0 Å². The third-order valence-corrected chi connectivity index (χ3v) is 4.80. The number of aromatic nitrogens is 2. The second-order valence-electron chi connectivity index (χ2n) is 6.13. The first-order valence-corrected chi connectivity index (χ1v) is 7.94. The minimum Gasteiger partial charge on any atom is -0.508 e. The van der Waals surface area contributed by atoms with Gasteiger partial charge in [-0.2, -0.15) is 5.10 Å². The highest BCUT2D eigenvalue weighted by Crippen LogP contribution is 2.34. The average molecular weight is 283 g/mol. The Morgan fingerprint density at radius 3 is 2.90 bits per heavy atom. The van der Waals surface area contributed by atoms with E-state index >= 15 is 0 Å². The quantitative estimate of drug-likeness (QED) is 0.891. The topological polar surface area (TPSA) is 52.1 Å². The zero-order valence-electron chi connectivity index (χ0n) is 12.2. The molecule has 4 nitrogen and oxygen atoms in total. The lowest BCUT2D eigenvalue weighted by Gasteiger charge is -2.31. The lowest BCUT2D eigenvalue weighted by Crippen LogP contribution is -2.29. The Morgan fingerprint density at radius 2 is 1.95 bits per heavy atom. The van der Waals surface area contributed by atoms with Crippen molar-refractivity contribution in [2.24, 2.45) is 0 Å². The first-order chi connectivity index (χ1) is 10.3. The van der Waals surface area contributed by atoms with E-state index in [-0.39, 0.29) is 0 Å². The zero-order chi connectivity index (χ0) is 14.2. The van der Waals surface area contributed by atoms with Crippen molar-refractivity contribution >= 4 is 5.69 Å². The summed E-state index contributed by atoms with van der Waals surface area (Å²) in [7, 11) is 0. The van der Waals surface area contributed by atoms with Crippen LogP contribution < -0.4 is 4.90 Å². The van der Waals surface area contributed by atoms with Crippen LogP contribution in [0.3, 0.4) is 0 Å². The molecule has 1 aromatic heterocycles. The van der Waals surface area contributed by atoms with Gasteiger partial charge in [0.2, 0.25) is 0 Å². The minimum absolute atomic E-state index is 0.432. The first kappa shape index (κ1) is 12.7. The summed E-state index contributed by atoms with van der Waals surface area (Å²) in [5.41, 5.74) is 6.24. The molecule has 4 heteroatoms. The van der Waals surface area contributed by atoms with Crippen LogP contribution >= 0.6 is 0 Å². The maximum absolute atomic E-state index is 10.0. The number of benzene rings is 1. The smallest absolute Gasteiger partial charge is 0.120 e. The number of fused-ring (bicyclic) bond motifs is 2. The lowest BCUT2D eigenvalue weighted by molar-refractivity contribution is 0.464. The number of aromatic amines is 1. The monoisotopic (exact) mass is 283 g/mol. The fourth-order valence-corrected chi connectivity index (χ4v) is 3.71. The van der Waals surface area contributed by atoms with Crippen LogP contribution in [0.2, 0.25) is 0 Å². The van der Waals surface area contributed by atoms with E-state index in [0.717, 1.165) is 44.3 Å². The van der Waals surface area contributed by atoms with Crippen LogP contribution in [-0.4, -0.2) is 21.8 Å². The van der Waals surface area contributed by atoms with E-state index in [1.54, 1.807) is 6.07 Å². The Balaban J connectivity index is 1.64. The number of rotatable bonds is 2. The standard InChI is InChI=1S/C17H21N3O/c21-17-9-3-8-16-13(17)6-4-10-20(16)11-15-12-5-1-2-7-14(12)18-19-15/h3,8-9,21H,1-2,4-7,10-11H2,(H,18,19). The van der Waals surface area contributed by atoms with E-state index in [1.807, 2.05) is 6.07 Å². The Kier molecular flexibility index (Phi) is 3.09. The molecule has 0 saturated heterocycles. The molecule has 110 valence electrons. The Bertz CT molecular complexity index is 662. The first-order valence-electron chi connectivity index (χ1n) is 7.94. The molecule has 2 aromatic rings. The number of nitrogens with one attached hydrogen (secondary N) is 1. The molecule has 0 saturated carbocycles. The van der Waals surface area contributed by atoms with Crippen molar-refractivity contribution in [3.8, 4) is 5.75 Å². The van der Waals surface area contributed by atoms with Gasteiger partial charge in [0.05, 0.1) is 12.2 Å². The maximum atomic E-state index is 10.0. The zero-order valence-corrected chi connectivity index (χ0v) is 12.2. The highest BCUT2D eigenvalue weighted by molar-refractivity contribution is 5.60. The van der Waals surface area contributed by atoms with Crippen molar-refractivity contribution < 1.29 is 5.11 Å². The van der Waals surface area contributed by atoms with Gasteiger partial charge in [-0.1, -0.05) is 6.07 Å². The summed E-state index contributed by atoms with van der Waals surface area (Å²) < 4.78 is 0. The summed E-state index contributed by atoms with van der Waals surface area (Å²) in [4.78, 5) is 2.36. The number of aromatic hydroxyl groups is 1. The minimum atomic E-state index is 0.432. The third-order valence-electron chi connectivity index (χ3n) is 4.80. The van der Waals surface area contributed by atoms with Crippen LogP contribution in [0, 0.1) is 0 Å². The van der Waals surface area contributed by atoms with E-state index in [9.17, 15) is 5.11 Å². The third kappa shape index (κ3) is 2.19. The molecule has 4 rings (SSSR count). The lowest BCUT2D eigenvalue weighted by atomic mass is 9.95. The van der Waals surface area contributed by atoms with E-state index in [4.69, 9.17) is 0 Å². The molecule has 0 radical (unpaired) electrons. The Hall–Kier alpha value is -1.97. The number of nitrogens with zero attached hydrogens (tertiary/aromatic N) is 2. The molecule has 0 bridgehead atoms. The number of phenolic OH excluding ortho intramolecular Hbond substituents is 1. The Morgan fingerprint density at radius 1 is 1.10 bits per heavy atom. The molecule has 0 unspecified atom stereocenters. The molecule has 0 amide bonds. The SMILES string of the molecule is Oc1cccc2c1CCCN2Cc1n[nH]c2c1CCCC2. The molecule has 21 heavy (non-hydrogen) atoms. The predicted octanol–water partition coefficient (Wildman–Crippen LogP) is 2.95. The summed E-state index contributed by atoms with van der Waals surface area (Å²) in [5.74, 6) is 0.432. The van der Waals surface area contributed by atoms with Gasteiger partial charge in [-0.3, -0.25) is 5.10 Å². The molecule has 2 heterocycles. The van der Waals surface area contributed by atoms with Gasteiger partial charge in [0.1, 0.15) is 5.75 Å². The second kappa shape index (κ2) is 5.10. The molecular formula is C17H21N3O. The summed E-state index contributed by atoms with van der Waals surface area (Å²) in [6.45, 7) is 1.89. The summed E-state index contributed by atoms with van der Waals surface area (Å²) in [5, 5.41) is 17.8. The number of hydrogen-bond donors (Lipinski definition) is 2. The number of anilines is 1. The van der Waals surface area contributed by atoms with Gasteiger partial charge in [0.15, 0.2) is 0 Å². The van der Waals surface area contributed by atoms with Crippen LogP contribution in [0.1, 0.15) is 41.8 Å². The van der Waals surface area contributed by atoms with Gasteiger partial charge in [-0.05, 0) is 56.2 Å². The molecule has 0 fully saturated rings. The number of hydrogen-bond acceptors (Lipinski definition) is 3. The van der Waals surface area contributed by atoms with Gasteiger partial charge >= 0.3 is 0 Å². The van der Waals surface area contributed by atoms with Gasteiger partial charge in [0.25, 0.3) is 0 Å². The predicted molar refractivity (Wildman–Crippen MR) is 82.7 cm³/mol. The van der Waals surface area contributed by atoms with Crippen molar-refractivity contribution in [1.29, 1.82) is 0 Å². The van der Waals surface area contributed by atoms with Crippen LogP contribution in [0.4, 0.5) is 5.69 Å². The van der Waals surface area contributed by atoms with E-state index < -0.39 is 0 Å². The van der Waals surface area contributed by atoms with Gasteiger partial charge in [0, 0.05) is 23.5 Å². The fourth-order valence-electron chi connectivity index (χ4n) is 3.71. The van der Waals surface area contributed by atoms with Gasteiger partial charge in [-0.25, -0.2) is 0 Å². The van der Waals surface area contributed by atoms with Gasteiger partial charge in [-0.15, -0.1) is 0 Å². The molecule has 0 atom stereocenters. The van der Waals surface area contributed by atoms with Crippen LogP contribution in [0.15, 0.2) is 18.2 Å². The summed E-state index contributed by atoms with van der Waals surface area (Å²) >= 11 is 0. The van der Waals surface area contributed by atoms with Crippen molar-refractivity contribution in [1.82, 2.24) is 10.2 Å². The number of phenols is 1. The normalized spacial score (nSPS) is 17.4. The van der Waals surface area contributed by atoms with Crippen LogP contribution in [0.25, 0.3) is 0 Å². The molecule has 1 aromatic carbocycles. The van der Waals surface area contributed by atoms with E-state index in [0.29, 0.717) is 5.75 Å². The molecule has 1 aliphatic carbocycles. The van der Waals surface area contributed by atoms with Crippen molar-refractivity contribution in [2.45, 2.75) is 45.1 Å². The van der Waals surface area contributed by atoms with Gasteiger partial charge < -0.3 is 10.0 Å². The number of H-pyrrole nitrogens is 1. The van der Waals surface area contributed by atoms with E-state index in [2.05, 4.69) is 21.2 Å². The molecule has 0 spiro atoms. The number of aryl methyl sites for hydroxylation is 1. The highest BCUT2D eigenvalue weighted by Gasteiger charge is 2.23. The fraction of sp³-hybridized carbons (Fsp3) is 0.471. The molecule has 2 N–H and O–H groups in total. The van der Waals surface area contributed by atoms with E-state index in [1.165, 1.54) is 35.5 Å². The maximum Gasteiger partial charge on any atom is 0.120 e. The Labute approximate surface area is 124 Å². The largest absolute Gasteiger partial charge is 0.508 e. The van der Waals surface area contributed by atoms with Crippen LogP contribution in [0.5, 0.6) is 5.75 Å². The molecule has 1 aliphatic heterocycles.